The number of methoxy groups -OCH3 is 3. The number of rotatable bonds is 18. The van der Waals surface area contributed by atoms with Gasteiger partial charge in [0, 0.05) is 61.4 Å². The van der Waals surface area contributed by atoms with Crippen LogP contribution in [-0.4, -0.2) is 77.8 Å². The SMILES string of the molecule is COc1cc(C(=O)C(=O)N(C)[C@@H](Cc2ccccc2)C(=O)N(Cc2ccc(Cl)cc2)C(CCc2ccncc2)CCc2ccncc2)cc(OC)c1OC. The summed E-state index contributed by atoms with van der Waals surface area (Å²) in [6.07, 6.45) is 9.93. The molecule has 54 heavy (non-hydrogen) atoms. The summed E-state index contributed by atoms with van der Waals surface area (Å²) >= 11 is 6.27. The molecule has 0 radical (unpaired) electrons. The number of pyridine rings is 2. The van der Waals surface area contributed by atoms with Crippen LogP contribution in [0.15, 0.2) is 116 Å². The van der Waals surface area contributed by atoms with Crippen molar-refractivity contribution in [3.63, 3.8) is 0 Å². The van der Waals surface area contributed by atoms with E-state index in [2.05, 4.69) is 9.97 Å². The minimum atomic E-state index is -1.03. The molecule has 0 N–H and O–H groups in total. The molecule has 11 heteroatoms. The van der Waals surface area contributed by atoms with E-state index in [9.17, 15) is 9.59 Å². The Labute approximate surface area is 321 Å². The minimum Gasteiger partial charge on any atom is -0.493 e. The fraction of sp³-hybridized carbons (Fsp3) is 0.279. The maximum Gasteiger partial charge on any atom is 0.295 e. The number of hydrogen-bond donors (Lipinski definition) is 0. The molecule has 0 saturated carbocycles. The van der Waals surface area contributed by atoms with Gasteiger partial charge in [0.25, 0.3) is 11.7 Å². The van der Waals surface area contributed by atoms with Gasteiger partial charge in [-0.05, 0) is 96.5 Å². The van der Waals surface area contributed by atoms with Gasteiger partial charge in [-0.15, -0.1) is 0 Å². The van der Waals surface area contributed by atoms with Gasteiger partial charge in [0.05, 0.1) is 21.3 Å². The van der Waals surface area contributed by atoms with Gasteiger partial charge in [0.1, 0.15) is 6.04 Å². The number of ether oxygens (including phenoxy) is 3. The maximum absolute atomic E-state index is 15.3. The molecule has 2 aromatic heterocycles. The van der Waals surface area contributed by atoms with Crippen LogP contribution in [0.25, 0.3) is 0 Å². The van der Waals surface area contributed by atoms with Gasteiger partial charge >= 0.3 is 0 Å². The zero-order valence-corrected chi connectivity index (χ0v) is 31.7. The average molecular weight is 749 g/mol. The van der Waals surface area contributed by atoms with Crippen molar-refractivity contribution in [2.45, 2.75) is 50.7 Å². The molecule has 0 aliphatic carbocycles. The summed E-state index contributed by atoms with van der Waals surface area (Å²) in [4.78, 5) is 54.9. The van der Waals surface area contributed by atoms with Crippen LogP contribution in [-0.2, 0) is 35.4 Å². The fourth-order valence-electron chi connectivity index (χ4n) is 6.45. The Kier molecular flexibility index (Phi) is 14.2. The second-order valence-electron chi connectivity index (χ2n) is 12.9. The number of hydrogen-bond acceptors (Lipinski definition) is 8. The highest BCUT2D eigenvalue weighted by molar-refractivity contribution is 6.43. The van der Waals surface area contributed by atoms with Gasteiger partial charge in [-0.1, -0.05) is 54.1 Å². The smallest absolute Gasteiger partial charge is 0.295 e. The van der Waals surface area contributed by atoms with Crippen molar-refractivity contribution in [3.8, 4) is 17.2 Å². The number of aromatic nitrogens is 2. The van der Waals surface area contributed by atoms with E-state index < -0.39 is 17.7 Å². The lowest BCUT2D eigenvalue weighted by atomic mass is 9.95. The third-order valence-electron chi connectivity index (χ3n) is 9.49. The molecule has 5 aromatic rings. The van der Waals surface area contributed by atoms with Gasteiger partial charge in [-0.3, -0.25) is 24.4 Å². The van der Waals surface area contributed by atoms with Gasteiger partial charge in [-0.25, -0.2) is 0 Å². The average Bonchev–Trinajstić information content (AvgIpc) is 3.22. The predicted octanol–water partition coefficient (Wildman–Crippen LogP) is 7.07. The van der Waals surface area contributed by atoms with E-state index in [1.54, 1.807) is 36.9 Å². The fourth-order valence-corrected chi connectivity index (χ4v) is 6.58. The summed E-state index contributed by atoms with van der Waals surface area (Å²) in [5.74, 6) is -1.21. The van der Waals surface area contributed by atoms with E-state index in [-0.39, 0.29) is 47.7 Å². The van der Waals surface area contributed by atoms with E-state index in [1.165, 1.54) is 45.4 Å². The Bertz CT molecular complexity index is 1910. The molecular weight excluding hydrogens is 704 g/mol. The van der Waals surface area contributed by atoms with Crippen LogP contribution in [0, 0.1) is 0 Å². The summed E-state index contributed by atoms with van der Waals surface area (Å²) in [7, 11) is 5.83. The van der Waals surface area contributed by atoms with Crippen LogP contribution in [0.4, 0.5) is 0 Å². The van der Waals surface area contributed by atoms with E-state index in [4.69, 9.17) is 25.8 Å². The molecule has 280 valence electrons. The van der Waals surface area contributed by atoms with Crippen molar-refractivity contribution < 1.29 is 28.6 Å². The van der Waals surface area contributed by atoms with Crippen molar-refractivity contribution in [1.82, 2.24) is 19.8 Å². The van der Waals surface area contributed by atoms with Crippen LogP contribution < -0.4 is 14.2 Å². The number of Topliss-reactive ketones (excluding diaryl/α,β-unsaturated/α-hetero) is 1. The van der Waals surface area contributed by atoms with E-state index >= 15 is 4.79 Å². The number of carbonyl (C=O) groups excluding carboxylic acids is 3. The minimum absolute atomic E-state index is 0.0397. The van der Waals surface area contributed by atoms with Crippen molar-refractivity contribution in [1.29, 1.82) is 0 Å². The molecule has 0 saturated heterocycles. The van der Waals surface area contributed by atoms with Gasteiger partial charge in [0.2, 0.25) is 11.7 Å². The zero-order chi connectivity index (χ0) is 38.5. The number of benzene rings is 3. The van der Waals surface area contributed by atoms with Crippen LogP contribution in [0.2, 0.25) is 5.02 Å². The molecule has 2 amide bonds. The third-order valence-corrected chi connectivity index (χ3v) is 9.74. The summed E-state index contributed by atoms with van der Waals surface area (Å²) in [5, 5.41) is 0.584. The lowest BCUT2D eigenvalue weighted by Gasteiger charge is -2.38. The number of aryl methyl sites for hydroxylation is 2. The number of halogens is 1. The molecule has 1 atom stereocenters. The van der Waals surface area contributed by atoms with Crippen molar-refractivity contribution in [2.24, 2.45) is 0 Å². The summed E-state index contributed by atoms with van der Waals surface area (Å²) in [6.45, 7) is 0.265. The predicted molar refractivity (Wildman–Crippen MR) is 208 cm³/mol. The highest BCUT2D eigenvalue weighted by Crippen LogP contribution is 2.38. The zero-order valence-electron chi connectivity index (χ0n) is 31.0. The number of nitrogens with zero attached hydrogens (tertiary/aromatic N) is 4. The molecule has 5 rings (SSSR count). The molecular formula is C43H45ClN4O6. The van der Waals surface area contributed by atoms with Gasteiger partial charge < -0.3 is 24.0 Å². The molecule has 0 unspecified atom stereocenters. The first-order valence-electron chi connectivity index (χ1n) is 17.7. The van der Waals surface area contributed by atoms with Crippen molar-refractivity contribution in [2.75, 3.05) is 28.4 Å². The topological polar surface area (TPSA) is 111 Å². The van der Waals surface area contributed by atoms with Crippen LogP contribution >= 0.6 is 11.6 Å². The lowest BCUT2D eigenvalue weighted by Crippen LogP contribution is -2.54. The molecule has 3 aromatic carbocycles. The Morgan fingerprint density at radius 3 is 1.72 bits per heavy atom. The third kappa shape index (κ3) is 10.2. The first kappa shape index (κ1) is 39.5. The van der Waals surface area contributed by atoms with Crippen LogP contribution in [0.1, 0.15) is 45.5 Å². The molecule has 0 aliphatic heterocycles. The molecule has 0 fully saturated rings. The molecule has 10 nitrogen and oxygen atoms in total. The Hall–Kier alpha value is -5.74. The molecule has 0 bridgehead atoms. The highest BCUT2D eigenvalue weighted by Gasteiger charge is 2.37. The summed E-state index contributed by atoms with van der Waals surface area (Å²) in [5.41, 5.74) is 3.96. The molecule has 0 spiro atoms. The molecule has 0 aliphatic rings. The van der Waals surface area contributed by atoms with E-state index in [0.29, 0.717) is 30.7 Å². The number of ketones is 1. The van der Waals surface area contributed by atoms with Crippen LogP contribution in [0.3, 0.4) is 0 Å². The van der Waals surface area contributed by atoms with Gasteiger partial charge in [-0.2, -0.15) is 0 Å². The Morgan fingerprint density at radius 2 is 1.22 bits per heavy atom. The quantitative estimate of drug-likeness (QED) is 0.0692. The van der Waals surface area contributed by atoms with E-state index in [0.717, 1.165) is 22.3 Å². The Morgan fingerprint density at radius 1 is 0.685 bits per heavy atom. The molecule has 2 heterocycles. The van der Waals surface area contributed by atoms with Gasteiger partial charge in [0.15, 0.2) is 11.5 Å². The number of carbonyl (C=O) groups is 3. The van der Waals surface area contributed by atoms with Crippen molar-refractivity contribution in [3.05, 3.63) is 149 Å². The second-order valence-corrected chi connectivity index (χ2v) is 13.3. The second kappa shape index (κ2) is 19.4. The lowest BCUT2D eigenvalue weighted by molar-refractivity contribution is -0.145. The normalized spacial score (nSPS) is 11.4. The summed E-state index contributed by atoms with van der Waals surface area (Å²) < 4.78 is 16.3. The highest BCUT2D eigenvalue weighted by atomic mass is 35.5. The Balaban J connectivity index is 1.55. The van der Waals surface area contributed by atoms with Crippen LogP contribution in [0.5, 0.6) is 17.2 Å². The van der Waals surface area contributed by atoms with E-state index in [1.807, 2.05) is 71.6 Å². The first-order valence-corrected chi connectivity index (χ1v) is 18.1. The first-order chi connectivity index (χ1) is 26.2. The number of amides is 2. The number of likely N-dealkylation sites (N-methyl/N-ethyl adjacent to an activating group) is 1. The monoisotopic (exact) mass is 748 g/mol. The standard InChI is InChI=1S/C43H45ClN4O6/c1-47(43(51)40(49)34-27-38(52-2)41(54-4)39(28-34)53-3)37(26-32-8-6-5-7-9-32)42(50)48(29-33-10-14-35(44)15-11-33)36(16-12-30-18-22-45-23-19-30)17-13-31-20-24-46-25-21-31/h5-11,14-15,18-25,27-28,36-37H,12-13,16-17,26,29H2,1-4H3/t37-/m0/s1. The van der Waals surface area contributed by atoms with Crippen molar-refractivity contribution >= 4 is 29.2 Å². The largest absolute Gasteiger partial charge is 0.493 e. The maximum atomic E-state index is 15.3. The summed E-state index contributed by atoms with van der Waals surface area (Å²) in [6, 6.07) is 26.4.